The van der Waals surface area contributed by atoms with Crippen LogP contribution in [0.1, 0.15) is 0 Å². The Morgan fingerprint density at radius 2 is 0.394 bits per heavy atom. The largest absolute Gasteiger partial charge is 0.310 e. The van der Waals surface area contributed by atoms with Crippen LogP contribution in [-0.2, 0) is 0 Å². The second kappa shape index (κ2) is 34.2. The summed E-state index contributed by atoms with van der Waals surface area (Å²) in [5, 5.41) is 14.8. The molecule has 25 rings (SSSR count). The van der Waals surface area contributed by atoms with E-state index in [0.717, 1.165) is 108 Å². The van der Waals surface area contributed by atoms with Crippen molar-refractivity contribution in [3.63, 3.8) is 0 Å². The number of hydrogen-bond donors (Lipinski definition) is 0. The maximum atomic E-state index is 2.44. The van der Waals surface area contributed by atoms with Gasteiger partial charge in [-0.05, 0) is 253 Å². The van der Waals surface area contributed by atoms with Crippen LogP contribution in [0.15, 0.2) is 504 Å². The van der Waals surface area contributed by atoms with Gasteiger partial charge in [-0.15, -0.1) is 34.0 Å². The van der Waals surface area contributed by atoms with Gasteiger partial charge in [0.1, 0.15) is 0 Å². The van der Waals surface area contributed by atoms with Crippen LogP contribution < -0.4 is 29.4 Å². The van der Waals surface area contributed by atoms with Gasteiger partial charge in [0, 0.05) is 179 Å². The quantitative estimate of drug-likeness (QED) is 0.0800. The lowest BCUT2D eigenvalue weighted by molar-refractivity contribution is 1.18. The van der Waals surface area contributed by atoms with E-state index in [-0.39, 0.29) is 0 Å². The maximum Gasteiger partial charge on any atom is 0.0542 e. The summed E-state index contributed by atoms with van der Waals surface area (Å²) in [5.74, 6) is 0. The van der Waals surface area contributed by atoms with Crippen LogP contribution >= 0.6 is 34.0 Å². The van der Waals surface area contributed by atoms with E-state index in [0.29, 0.717) is 0 Å². The molecule has 0 saturated carbocycles. The number of benzene rings is 21. The fourth-order valence-corrected chi connectivity index (χ4v) is 22.7. The van der Waals surface area contributed by atoms with Crippen LogP contribution in [-0.4, -0.2) is 4.57 Å². The fraction of sp³-hybridized carbons (Fsp3) is 0. The molecular weight excluding hydrogens is 1660 g/mol. The van der Waals surface area contributed by atoms with Crippen LogP contribution in [0.25, 0.3) is 110 Å². The summed E-state index contributed by atoms with van der Waals surface area (Å²) in [6, 6.07) is 182. The monoisotopic (exact) mass is 1740 g/mol. The van der Waals surface area contributed by atoms with Gasteiger partial charge in [0.25, 0.3) is 0 Å². The average Bonchev–Trinajstić information content (AvgIpc) is 1.64. The van der Waals surface area contributed by atoms with E-state index in [4.69, 9.17) is 0 Å². The third-order valence-electron chi connectivity index (χ3n) is 25.3. The Bertz CT molecular complexity index is 8530. The fourth-order valence-electron chi connectivity index (χ4n) is 19.3. The highest BCUT2D eigenvalue weighted by atomic mass is 32.1. The van der Waals surface area contributed by atoms with Crippen molar-refractivity contribution in [3.05, 3.63) is 504 Å². The molecule has 0 bridgehead atoms. The van der Waals surface area contributed by atoms with Crippen LogP contribution in [0.5, 0.6) is 0 Å². The SMILES string of the molecule is c1ccc(N(c2cccc(N(c3ccc4c(c3)c3ccccc3n4-c3ccccc3)c3cccc4ccccc34)c2)c2ccc3c(c2)sc2ccc(N(c4ccccc4)c4cccc5ccccc45)cc23)cc1.c1ccc(N(c2cccc(N(c3ccccc3)c3ccc4sc5ccccc5c4c3)c2)c2ccc3c(c2)sc2ccc(N(c4ccccc4)c4ccccc4)cc23)cc1. The molecule has 25 aromatic rings. The number of aromatic nitrogens is 1. The minimum absolute atomic E-state index is 1.06. The molecule has 0 unspecified atom stereocenters. The summed E-state index contributed by atoms with van der Waals surface area (Å²) in [6.07, 6.45) is 0. The number of anilines is 18. The third kappa shape index (κ3) is 14.6. The number of rotatable bonds is 19. The highest BCUT2D eigenvalue weighted by Crippen LogP contribution is 2.52. The minimum Gasteiger partial charge on any atom is -0.310 e. The highest BCUT2D eigenvalue weighted by molar-refractivity contribution is 7.26. The molecule has 0 radical (unpaired) electrons. The molecule has 0 N–H and O–H groups in total. The molecule has 4 heterocycles. The normalized spacial score (nSPS) is 11.5. The van der Waals surface area contributed by atoms with Gasteiger partial charge < -0.3 is 34.0 Å². The van der Waals surface area contributed by atoms with E-state index in [1.807, 2.05) is 34.0 Å². The van der Waals surface area contributed by atoms with Gasteiger partial charge >= 0.3 is 0 Å². The predicted molar refractivity (Wildman–Crippen MR) is 569 cm³/mol. The third-order valence-corrected chi connectivity index (χ3v) is 28.7. The molecule has 0 fully saturated rings. The summed E-state index contributed by atoms with van der Waals surface area (Å²) < 4.78 is 9.99. The van der Waals surface area contributed by atoms with Crippen LogP contribution in [0.4, 0.5) is 102 Å². The van der Waals surface area contributed by atoms with E-state index in [1.54, 1.807) is 0 Å². The molecule has 10 heteroatoms. The molecule has 7 nitrogen and oxygen atoms in total. The topological polar surface area (TPSA) is 24.4 Å². The second-order valence-electron chi connectivity index (χ2n) is 33.2. The Labute approximate surface area is 777 Å². The zero-order valence-electron chi connectivity index (χ0n) is 71.8. The van der Waals surface area contributed by atoms with Gasteiger partial charge in [0.05, 0.1) is 22.4 Å². The number of nitrogens with zero attached hydrogens (tertiary/aromatic N) is 7. The Morgan fingerprint density at radius 1 is 0.136 bits per heavy atom. The van der Waals surface area contributed by atoms with Crippen molar-refractivity contribution in [2.45, 2.75) is 0 Å². The van der Waals surface area contributed by atoms with Crippen molar-refractivity contribution in [2.24, 2.45) is 0 Å². The zero-order chi connectivity index (χ0) is 87.4. The molecule has 0 aliphatic heterocycles. The lowest BCUT2D eigenvalue weighted by atomic mass is 10.0. The maximum absolute atomic E-state index is 2.44. The summed E-state index contributed by atoms with van der Waals surface area (Å²) in [6.45, 7) is 0. The molecule has 21 aromatic carbocycles. The first kappa shape index (κ1) is 78.8. The Hall–Kier alpha value is -16.6. The van der Waals surface area contributed by atoms with E-state index in [9.17, 15) is 0 Å². The van der Waals surface area contributed by atoms with Crippen molar-refractivity contribution in [2.75, 3.05) is 29.4 Å². The van der Waals surface area contributed by atoms with Crippen LogP contribution in [0.3, 0.4) is 0 Å². The van der Waals surface area contributed by atoms with Gasteiger partial charge in [0.2, 0.25) is 0 Å². The van der Waals surface area contributed by atoms with Crippen LogP contribution in [0.2, 0.25) is 0 Å². The van der Waals surface area contributed by atoms with Gasteiger partial charge in [-0.3, -0.25) is 0 Å². The second-order valence-corrected chi connectivity index (χ2v) is 36.4. The summed E-state index contributed by atoms with van der Waals surface area (Å²) >= 11 is 5.55. The lowest BCUT2D eigenvalue weighted by Crippen LogP contribution is -2.13. The first-order valence-electron chi connectivity index (χ1n) is 44.7. The van der Waals surface area contributed by atoms with Gasteiger partial charge in [0.15, 0.2) is 0 Å². The number of para-hydroxylation sites is 8. The Kier molecular flexibility index (Phi) is 20.4. The smallest absolute Gasteiger partial charge is 0.0542 e. The lowest BCUT2D eigenvalue weighted by Gasteiger charge is -2.30. The number of thiophene rings is 3. The minimum atomic E-state index is 1.06. The van der Waals surface area contributed by atoms with Crippen molar-refractivity contribution < 1.29 is 0 Å². The summed E-state index contributed by atoms with van der Waals surface area (Å²) in [5.41, 5.74) is 23.4. The summed E-state index contributed by atoms with van der Waals surface area (Å²) in [7, 11) is 0. The number of fused-ring (bicyclic) bond motifs is 14. The number of hydrogen-bond acceptors (Lipinski definition) is 9. The van der Waals surface area contributed by atoms with Crippen LogP contribution in [0, 0.1) is 0 Å². The molecule has 0 atom stereocenters. The molecular formula is C122H83N7S3. The van der Waals surface area contributed by atoms with E-state index in [1.165, 1.54) is 104 Å². The van der Waals surface area contributed by atoms with Crippen molar-refractivity contribution in [1.29, 1.82) is 0 Å². The first-order chi connectivity index (χ1) is 65.5. The van der Waals surface area contributed by atoms with Gasteiger partial charge in [-0.25, -0.2) is 0 Å². The molecule has 132 heavy (non-hydrogen) atoms. The van der Waals surface area contributed by atoms with Gasteiger partial charge in [-0.1, -0.05) is 261 Å². The van der Waals surface area contributed by atoms with Gasteiger partial charge in [-0.2, -0.15) is 0 Å². The molecule has 0 saturated heterocycles. The van der Waals surface area contributed by atoms with Crippen molar-refractivity contribution >= 4 is 240 Å². The standard InChI is InChI=1S/C68H46N4S.C54H37N3S2/c1-4-23-49(24-5-1)69(56-37-40-60-62-45-55(39-42-67(62)73-68(60)46-56)70(50-25-6-2-7-26-50)63-35-16-21-47-19-10-12-31-57(47)63)52-29-18-30-53(43-52)71(64-36-17-22-48-20-11-13-32-58(48)64)54-38-41-66-61(44-54)59-33-14-15-34-65(59)72(66)51-27-8-3-9-28-51;1-5-16-38(17-6-1)55(39-18-7-2-8-19-39)44-29-33-53-50(35-44)48-31-28-46(37-54(48)59-53)57(41-22-11-4-12-23-41)43-25-15-24-42(34-43)56(40-20-9-3-10-21-40)45-30-32-52-49(36-45)47-26-13-14-27-51(47)58-52/h1-46H;1-37H. The predicted octanol–water partition coefficient (Wildman–Crippen LogP) is 36.7. The average molecular weight is 1740 g/mol. The molecule has 0 spiro atoms. The highest BCUT2D eigenvalue weighted by Gasteiger charge is 2.26. The summed E-state index contributed by atoms with van der Waals surface area (Å²) in [4.78, 5) is 14.3. The van der Waals surface area contributed by atoms with Crippen molar-refractivity contribution in [3.8, 4) is 5.69 Å². The molecule has 624 valence electrons. The van der Waals surface area contributed by atoms with E-state index in [2.05, 4.69) is 537 Å². The zero-order valence-corrected chi connectivity index (χ0v) is 74.2. The van der Waals surface area contributed by atoms with E-state index < -0.39 is 0 Å². The first-order valence-corrected chi connectivity index (χ1v) is 47.1. The molecule has 0 aliphatic carbocycles. The molecule has 4 aromatic heterocycles. The van der Waals surface area contributed by atoms with E-state index >= 15 is 0 Å². The van der Waals surface area contributed by atoms with Crippen molar-refractivity contribution in [1.82, 2.24) is 4.57 Å². The molecule has 0 aliphatic rings. The molecule has 0 amide bonds. The Balaban J connectivity index is 0.000000149. The Morgan fingerprint density at radius 3 is 0.833 bits per heavy atom.